The molecule has 4 rings (SSSR count). The van der Waals surface area contributed by atoms with Crippen LogP contribution in [-0.4, -0.2) is 15.7 Å². The lowest BCUT2D eigenvalue weighted by Crippen LogP contribution is -2.13. The molecule has 0 aliphatic carbocycles. The van der Waals surface area contributed by atoms with Crippen LogP contribution in [0.4, 0.5) is 5.82 Å². The van der Waals surface area contributed by atoms with Gasteiger partial charge in [0, 0.05) is 16.9 Å². The zero-order valence-corrected chi connectivity index (χ0v) is 19.1. The topological polar surface area (TPSA) is 70.7 Å². The summed E-state index contributed by atoms with van der Waals surface area (Å²) in [6.45, 7) is 0. The Bertz CT molecular complexity index is 1330. The molecule has 0 unspecified atom stereocenters. The van der Waals surface area contributed by atoms with Crippen molar-refractivity contribution in [3.63, 3.8) is 0 Å². The molecule has 7 heteroatoms. The number of nitriles is 1. The number of carbonyl (C=O) groups excluding carboxylic acids is 1. The van der Waals surface area contributed by atoms with Crippen LogP contribution in [0.25, 0.3) is 11.8 Å². The van der Waals surface area contributed by atoms with Crippen LogP contribution in [0.15, 0.2) is 96.0 Å². The lowest BCUT2D eigenvalue weighted by molar-refractivity contribution is -0.111. The minimum absolute atomic E-state index is 0.303. The van der Waals surface area contributed by atoms with Crippen molar-refractivity contribution < 1.29 is 4.79 Å². The molecule has 0 fully saturated rings. The zero-order chi connectivity index (χ0) is 23.0. The van der Waals surface area contributed by atoms with Gasteiger partial charge in [0.05, 0.1) is 5.69 Å². The zero-order valence-electron chi connectivity index (χ0n) is 17.5. The predicted molar refractivity (Wildman–Crippen MR) is 133 cm³/mol. The Labute approximate surface area is 201 Å². The molecule has 1 heterocycles. The maximum Gasteiger partial charge on any atom is 0.249 e. The van der Waals surface area contributed by atoms with Gasteiger partial charge in [-0.1, -0.05) is 90.1 Å². The van der Waals surface area contributed by atoms with Crippen LogP contribution >= 0.6 is 23.4 Å². The Morgan fingerprint density at radius 1 is 1.03 bits per heavy atom. The summed E-state index contributed by atoms with van der Waals surface area (Å²) in [5.41, 5.74) is 2.89. The lowest BCUT2D eigenvalue weighted by atomic mass is 10.2. The van der Waals surface area contributed by atoms with E-state index >= 15 is 0 Å². The van der Waals surface area contributed by atoms with Gasteiger partial charge in [-0.2, -0.15) is 10.4 Å². The second-order valence-electron chi connectivity index (χ2n) is 7.00. The Balaban J connectivity index is 1.65. The molecule has 1 N–H and O–H groups in total. The van der Waals surface area contributed by atoms with Crippen molar-refractivity contribution in [3.05, 3.63) is 113 Å². The standard InChI is InChI=1S/C26H19ClN4OS/c27-23-14-8-7-11-20(23)18-33-26-22(17-28)25(31(30-26)21-12-5-2-6-13-21)29-24(32)16-15-19-9-3-1-4-10-19/h1-16H,18H2,(H,29,32). The highest BCUT2D eigenvalue weighted by atomic mass is 35.5. The van der Waals surface area contributed by atoms with Crippen molar-refractivity contribution in [1.29, 1.82) is 5.26 Å². The number of nitrogens with zero attached hydrogens (tertiary/aromatic N) is 3. The quantitative estimate of drug-likeness (QED) is 0.252. The number of para-hydroxylation sites is 1. The third-order valence-electron chi connectivity index (χ3n) is 4.76. The van der Waals surface area contributed by atoms with Gasteiger partial charge in [-0.15, -0.1) is 0 Å². The lowest BCUT2D eigenvalue weighted by Gasteiger charge is -2.07. The number of carbonyl (C=O) groups is 1. The summed E-state index contributed by atoms with van der Waals surface area (Å²) >= 11 is 7.68. The average Bonchev–Trinajstić information content (AvgIpc) is 3.20. The fourth-order valence-electron chi connectivity index (χ4n) is 3.13. The van der Waals surface area contributed by atoms with E-state index in [0.717, 1.165) is 16.8 Å². The normalized spacial score (nSPS) is 10.8. The van der Waals surface area contributed by atoms with Crippen molar-refractivity contribution in [1.82, 2.24) is 9.78 Å². The van der Waals surface area contributed by atoms with Crippen LogP contribution in [0.2, 0.25) is 5.02 Å². The number of rotatable bonds is 7. The average molecular weight is 471 g/mol. The summed E-state index contributed by atoms with van der Waals surface area (Å²) in [6, 6.07) is 28.7. The molecule has 5 nitrogen and oxygen atoms in total. The SMILES string of the molecule is N#Cc1c(SCc2ccccc2Cl)nn(-c2ccccc2)c1NC(=O)C=Cc1ccccc1. The van der Waals surface area contributed by atoms with E-state index in [4.69, 9.17) is 11.6 Å². The van der Waals surface area contributed by atoms with Crippen LogP contribution in [-0.2, 0) is 10.5 Å². The molecular weight excluding hydrogens is 452 g/mol. The van der Waals surface area contributed by atoms with Crippen LogP contribution in [0.1, 0.15) is 16.7 Å². The molecule has 0 radical (unpaired) electrons. The largest absolute Gasteiger partial charge is 0.306 e. The van der Waals surface area contributed by atoms with Gasteiger partial charge in [0.1, 0.15) is 16.7 Å². The maximum atomic E-state index is 12.7. The number of aromatic nitrogens is 2. The van der Waals surface area contributed by atoms with Gasteiger partial charge in [0.2, 0.25) is 5.91 Å². The molecular formula is C26H19ClN4OS. The third-order valence-corrected chi connectivity index (χ3v) is 6.14. The highest BCUT2D eigenvalue weighted by molar-refractivity contribution is 7.98. The molecule has 4 aromatic rings. The van der Waals surface area contributed by atoms with E-state index in [9.17, 15) is 10.1 Å². The summed E-state index contributed by atoms with van der Waals surface area (Å²) in [5.74, 6) is 0.518. The Kier molecular flexibility index (Phi) is 7.26. The number of halogens is 1. The van der Waals surface area contributed by atoms with Gasteiger partial charge in [-0.05, 0) is 35.4 Å². The fourth-order valence-corrected chi connectivity index (χ4v) is 4.38. The van der Waals surface area contributed by atoms with Gasteiger partial charge >= 0.3 is 0 Å². The van der Waals surface area contributed by atoms with E-state index < -0.39 is 0 Å². The third kappa shape index (κ3) is 5.53. The summed E-state index contributed by atoms with van der Waals surface area (Å²) in [6.07, 6.45) is 3.16. The van der Waals surface area contributed by atoms with E-state index in [0.29, 0.717) is 27.2 Å². The first-order valence-electron chi connectivity index (χ1n) is 10.1. The van der Waals surface area contributed by atoms with Gasteiger partial charge in [-0.3, -0.25) is 4.79 Å². The predicted octanol–water partition coefficient (Wildman–Crippen LogP) is 6.34. The first-order valence-corrected chi connectivity index (χ1v) is 11.5. The first-order chi connectivity index (χ1) is 16.2. The van der Waals surface area contributed by atoms with Crippen molar-refractivity contribution in [3.8, 4) is 11.8 Å². The molecule has 0 aliphatic rings. The smallest absolute Gasteiger partial charge is 0.249 e. The first kappa shape index (κ1) is 22.4. The second kappa shape index (κ2) is 10.7. The molecule has 33 heavy (non-hydrogen) atoms. The second-order valence-corrected chi connectivity index (χ2v) is 8.37. The Morgan fingerprint density at radius 3 is 2.39 bits per heavy atom. The van der Waals surface area contributed by atoms with Crippen LogP contribution in [0, 0.1) is 11.3 Å². The minimum Gasteiger partial charge on any atom is -0.306 e. The van der Waals surface area contributed by atoms with E-state index in [-0.39, 0.29) is 5.91 Å². The van der Waals surface area contributed by atoms with Crippen molar-refractivity contribution >= 4 is 41.2 Å². The molecule has 1 amide bonds. The number of benzene rings is 3. The number of anilines is 1. The maximum absolute atomic E-state index is 12.7. The number of hydrogen-bond acceptors (Lipinski definition) is 4. The fraction of sp³-hybridized carbons (Fsp3) is 0.0385. The van der Waals surface area contributed by atoms with Crippen molar-refractivity contribution in [2.24, 2.45) is 0 Å². The number of hydrogen-bond donors (Lipinski definition) is 1. The van der Waals surface area contributed by atoms with Crippen molar-refractivity contribution in [2.45, 2.75) is 10.8 Å². The minimum atomic E-state index is -0.352. The number of nitrogens with one attached hydrogen (secondary N) is 1. The molecule has 0 saturated heterocycles. The van der Waals surface area contributed by atoms with Gasteiger partial charge < -0.3 is 5.32 Å². The van der Waals surface area contributed by atoms with Gasteiger partial charge in [-0.25, -0.2) is 4.68 Å². The molecule has 1 aromatic heterocycles. The summed E-state index contributed by atoms with van der Waals surface area (Å²) in [4.78, 5) is 12.7. The summed E-state index contributed by atoms with van der Waals surface area (Å²) in [7, 11) is 0. The van der Waals surface area contributed by atoms with Crippen LogP contribution in [0.3, 0.4) is 0 Å². The van der Waals surface area contributed by atoms with Crippen LogP contribution < -0.4 is 5.32 Å². The molecule has 0 aliphatic heterocycles. The highest BCUT2D eigenvalue weighted by Gasteiger charge is 2.21. The molecule has 3 aromatic carbocycles. The number of thioether (sulfide) groups is 1. The van der Waals surface area contributed by atoms with Gasteiger partial charge in [0.25, 0.3) is 0 Å². The Hall–Kier alpha value is -3.79. The summed E-state index contributed by atoms with van der Waals surface area (Å²) < 4.78 is 1.59. The Morgan fingerprint density at radius 2 is 1.70 bits per heavy atom. The molecule has 0 bridgehead atoms. The molecule has 0 spiro atoms. The van der Waals surface area contributed by atoms with E-state index in [1.54, 1.807) is 10.8 Å². The summed E-state index contributed by atoms with van der Waals surface area (Å²) in [5, 5.41) is 18.6. The number of amides is 1. The van der Waals surface area contributed by atoms with Crippen LogP contribution in [0.5, 0.6) is 0 Å². The van der Waals surface area contributed by atoms with E-state index in [1.165, 1.54) is 17.8 Å². The highest BCUT2D eigenvalue weighted by Crippen LogP contribution is 2.33. The van der Waals surface area contributed by atoms with E-state index in [1.807, 2.05) is 84.9 Å². The van der Waals surface area contributed by atoms with Gasteiger partial charge in [0.15, 0.2) is 5.82 Å². The van der Waals surface area contributed by atoms with E-state index in [2.05, 4.69) is 16.5 Å². The van der Waals surface area contributed by atoms with Crippen molar-refractivity contribution in [2.75, 3.05) is 5.32 Å². The molecule has 0 atom stereocenters. The molecule has 0 saturated carbocycles. The monoisotopic (exact) mass is 470 g/mol. The molecule has 162 valence electrons.